The molecule has 0 radical (unpaired) electrons. The molecule has 1 unspecified atom stereocenters. The van der Waals surface area contributed by atoms with Gasteiger partial charge in [-0.15, -0.1) is 0 Å². The van der Waals surface area contributed by atoms with Crippen LogP contribution in [0.25, 0.3) is 0 Å². The van der Waals surface area contributed by atoms with E-state index in [-0.39, 0.29) is 0 Å². The van der Waals surface area contributed by atoms with Crippen molar-refractivity contribution in [2.75, 3.05) is 13.1 Å². The maximum atomic E-state index is 4.23. The predicted molar refractivity (Wildman–Crippen MR) is 77.6 cm³/mol. The SMILES string of the molecule is CCC(C)(CCc1cnn(C)c1)CNCC(C)C. The van der Waals surface area contributed by atoms with Crippen LogP contribution < -0.4 is 5.32 Å². The normalized spacial score (nSPS) is 15.0. The lowest BCUT2D eigenvalue weighted by Gasteiger charge is -2.29. The van der Waals surface area contributed by atoms with Gasteiger partial charge in [0.15, 0.2) is 0 Å². The number of hydrogen-bond acceptors (Lipinski definition) is 2. The number of nitrogens with zero attached hydrogens (tertiary/aromatic N) is 2. The van der Waals surface area contributed by atoms with Gasteiger partial charge in [-0.2, -0.15) is 5.10 Å². The smallest absolute Gasteiger partial charge is 0.0521 e. The summed E-state index contributed by atoms with van der Waals surface area (Å²) in [7, 11) is 1.98. The van der Waals surface area contributed by atoms with Gasteiger partial charge in [-0.25, -0.2) is 0 Å². The summed E-state index contributed by atoms with van der Waals surface area (Å²) >= 11 is 0. The molecule has 3 heteroatoms. The highest BCUT2D eigenvalue weighted by Gasteiger charge is 2.21. The quantitative estimate of drug-likeness (QED) is 0.769. The van der Waals surface area contributed by atoms with Crippen LogP contribution >= 0.6 is 0 Å². The molecule has 0 fully saturated rings. The molecule has 0 aliphatic carbocycles. The molecule has 1 atom stereocenters. The van der Waals surface area contributed by atoms with Crippen molar-refractivity contribution in [2.24, 2.45) is 18.4 Å². The molecule has 3 nitrogen and oxygen atoms in total. The summed E-state index contributed by atoms with van der Waals surface area (Å²) in [6, 6.07) is 0. The molecule has 0 saturated heterocycles. The van der Waals surface area contributed by atoms with Gasteiger partial charge in [0, 0.05) is 19.8 Å². The van der Waals surface area contributed by atoms with Crippen LogP contribution in [0.4, 0.5) is 0 Å². The second kappa shape index (κ2) is 6.93. The molecule has 1 heterocycles. The van der Waals surface area contributed by atoms with E-state index in [1.165, 1.54) is 18.4 Å². The van der Waals surface area contributed by atoms with Crippen LogP contribution in [0.5, 0.6) is 0 Å². The second-order valence-electron chi connectivity index (χ2n) is 6.21. The van der Waals surface area contributed by atoms with Crippen molar-refractivity contribution in [3.63, 3.8) is 0 Å². The van der Waals surface area contributed by atoms with E-state index in [4.69, 9.17) is 0 Å². The Kier molecular flexibility index (Phi) is 5.86. The average Bonchev–Trinajstić information content (AvgIpc) is 2.72. The minimum atomic E-state index is 0.394. The molecule has 1 N–H and O–H groups in total. The Bertz CT molecular complexity index is 343. The monoisotopic (exact) mass is 251 g/mol. The van der Waals surface area contributed by atoms with Gasteiger partial charge >= 0.3 is 0 Å². The highest BCUT2D eigenvalue weighted by Crippen LogP contribution is 2.26. The summed E-state index contributed by atoms with van der Waals surface area (Å²) in [5.41, 5.74) is 1.74. The van der Waals surface area contributed by atoms with Crippen molar-refractivity contribution in [2.45, 2.75) is 47.0 Å². The Hall–Kier alpha value is -0.830. The highest BCUT2D eigenvalue weighted by atomic mass is 15.2. The molecule has 0 aliphatic heterocycles. The summed E-state index contributed by atoms with van der Waals surface area (Å²) < 4.78 is 1.88. The van der Waals surface area contributed by atoms with E-state index in [9.17, 15) is 0 Å². The molecule has 1 aromatic heterocycles. The zero-order chi connectivity index (χ0) is 13.6. The molecule has 0 spiro atoms. The van der Waals surface area contributed by atoms with E-state index >= 15 is 0 Å². The van der Waals surface area contributed by atoms with Gasteiger partial charge in [-0.3, -0.25) is 4.68 Å². The second-order valence-corrected chi connectivity index (χ2v) is 6.21. The van der Waals surface area contributed by atoms with Crippen molar-refractivity contribution in [3.05, 3.63) is 18.0 Å². The fourth-order valence-corrected chi connectivity index (χ4v) is 2.10. The molecule has 1 rings (SSSR count). The molecule has 0 aromatic carbocycles. The van der Waals surface area contributed by atoms with Crippen molar-refractivity contribution in [1.29, 1.82) is 0 Å². The minimum absolute atomic E-state index is 0.394. The van der Waals surface area contributed by atoms with Gasteiger partial charge in [-0.1, -0.05) is 27.7 Å². The van der Waals surface area contributed by atoms with Crippen LogP contribution in [0.15, 0.2) is 12.4 Å². The number of nitrogens with one attached hydrogen (secondary N) is 1. The van der Waals surface area contributed by atoms with Crippen LogP contribution in [-0.2, 0) is 13.5 Å². The maximum absolute atomic E-state index is 4.23. The van der Waals surface area contributed by atoms with Crippen molar-refractivity contribution in [3.8, 4) is 0 Å². The van der Waals surface area contributed by atoms with Crippen molar-refractivity contribution < 1.29 is 0 Å². The zero-order valence-corrected chi connectivity index (χ0v) is 12.7. The zero-order valence-electron chi connectivity index (χ0n) is 12.7. The predicted octanol–water partition coefficient (Wildman–Crippen LogP) is 3.01. The van der Waals surface area contributed by atoms with E-state index < -0.39 is 0 Å². The Morgan fingerprint density at radius 2 is 2.17 bits per heavy atom. The summed E-state index contributed by atoms with van der Waals surface area (Å²) in [6.45, 7) is 11.4. The molecule has 0 bridgehead atoms. The molecular formula is C15H29N3. The van der Waals surface area contributed by atoms with Gasteiger partial charge in [0.05, 0.1) is 6.20 Å². The maximum Gasteiger partial charge on any atom is 0.0521 e. The minimum Gasteiger partial charge on any atom is -0.316 e. The molecule has 0 saturated carbocycles. The number of aromatic nitrogens is 2. The van der Waals surface area contributed by atoms with Gasteiger partial charge in [-0.05, 0) is 42.7 Å². The van der Waals surface area contributed by atoms with Gasteiger partial charge in [0.25, 0.3) is 0 Å². The van der Waals surface area contributed by atoms with E-state index in [2.05, 4.69) is 44.3 Å². The Balaban J connectivity index is 2.39. The number of rotatable bonds is 8. The molecule has 0 aliphatic rings. The topological polar surface area (TPSA) is 29.9 Å². The molecule has 1 aromatic rings. The molecular weight excluding hydrogens is 222 g/mol. The first kappa shape index (κ1) is 15.2. The molecule has 0 amide bonds. The Labute approximate surface area is 112 Å². The van der Waals surface area contributed by atoms with Crippen LogP contribution in [0.1, 0.15) is 46.1 Å². The summed E-state index contributed by atoms with van der Waals surface area (Å²) in [4.78, 5) is 0. The summed E-state index contributed by atoms with van der Waals surface area (Å²) in [5, 5.41) is 7.83. The van der Waals surface area contributed by atoms with Crippen LogP contribution in [0.2, 0.25) is 0 Å². The van der Waals surface area contributed by atoms with E-state index in [1.54, 1.807) is 0 Å². The third kappa shape index (κ3) is 5.21. The standard InChI is InChI=1S/C15H29N3/c1-6-15(4,12-16-9-13(2)3)8-7-14-10-17-18(5)11-14/h10-11,13,16H,6-9,12H2,1-5H3. The first-order valence-electron chi connectivity index (χ1n) is 7.13. The number of aryl methyl sites for hydroxylation is 2. The first-order chi connectivity index (χ1) is 8.45. The van der Waals surface area contributed by atoms with Crippen LogP contribution in [-0.4, -0.2) is 22.9 Å². The van der Waals surface area contributed by atoms with E-state index in [0.717, 1.165) is 25.4 Å². The van der Waals surface area contributed by atoms with Crippen molar-refractivity contribution in [1.82, 2.24) is 15.1 Å². The first-order valence-corrected chi connectivity index (χ1v) is 7.13. The van der Waals surface area contributed by atoms with Crippen LogP contribution in [0, 0.1) is 11.3 Å². The largest absolute Gasteiger partial charge is 0.316 e. The molecule has 18 heavy (non-hydrogen) atoms. The lowest BCUT2D eigenvalue weighted by atomic mass is 9.82. The highest BCUT2D eigenvalue weighted by molar-refractivity contribution is 5.04. The fourth-order valence-electron chi connectivity index (χ4n) is 2.10. The Morgan fingerprint density at radius 1 is 1.44 bits per heavy atom. The summed E-state index contributed by atoms with van der Waals surface area (Å²) in [6.07, 6.45) is 7.68. The average molecular weight is 251 g/mol. The fraction of sp³-hybridized carbons (Fsp3) is 0.800. The van der Waals surface area contributed by atoms with E-state index in [1.807, 2.05) is 17.9 Å². The van der Waals surface area contributed by atoms with Gasteiger partial charge < -0.3 is 5.32 Å². The number of hydrogen-bond donors (Lipinski definition) is 1. The van der Waals surface area contributed by atoms with Crippen LogP contribution in [0.3, 0.4) is 0 Å². The lowest BCUT2D eigenvalue weighted by molar-refractivity contribution is 0.265. The van der Waals surface area contributed by atoms with Gasteiger partial charge in [0.1, 0.15) is 0 Å². The van der Waals surface area contributed by atoms with E-state index in [0.29, 0.717) is 5.41 Å². The van der Waals surface area contributed by atoms with Crippen molar-refractivity contribution >= 4 is 0 Å². The molecule has 104 valence electrons. The van der Waals surface area contributed by atoms with Gasteiger partial charge in [0.2, 0.25) is 0 Å². The lowest BCUT2D eigenvalue weighted by Crippen LogP contribution is -2.33. The Morgan fingerprint density at radius 3 is 2.67 bits per heavy atom. The third-order valence-electron chi connectivity index (χ3n) is 3.73. The summed E-state index contributed by atoms with van der Waals surface area (Å²) in [5.74, 6) is 0.726. The third-order valence-corrected chi connectivity index (χ3v) is 3.73.